The molecule has 2 aliphatic rings. The number of aliphatic hydroxyl groups is 7. The monoisotopic (exact) mass is 356 g/mol. The molecule has 7 N–H and O–H groups in total. The van der Waals surface area contributed by atoms with E-state index in [1.54, 1.807) is 0 Å². The molecule has 0 aromatic carbocycles. The number of rotatable bonds is 5. The van der Waals surface area contributed by atoms with Crippen molar-refractivity contribution in [2.75, 3.05) is 20.3 Å². The molecule has 0 aromatic rings. The van der Waals surface area contributed by atoms with E-state index >= 15 is 0 Å². The van der Waals surface area contributed by atoms with Crippen LogP contribution in [0.15, 0.2) is 0 Å². The highest BCUT2D eigenvalue weighted by atomic mass is 16.7. The average Bonchev–Trinajstić information content (AvgIpc) is 2.56. The fourth-order valence-electron chi connectivity index (χ4n) is 2.72. The van der Waals surface area contributed by atoms with E-state index < -0.39 is 68.0 Å². The van der Waals surface area contributed by atoms with Gasteiger partial charge in [-0.2, -0.15) is 0 Å². The van der Waals surface area contributed by atoms with E-state index in [-0.39, 0.29) is 6.61 Å². The van der Waals surface area contributed by atoms with Crippen LogP contribution >= 0.6 is 0 Å². The topological polar surface area (TPSA) is 179 Å². The van der Waals surface area contributed by atoms with Crippen molar-refractivity contribution in [2.24, 2.45) is 0 Å². The van der Waals surface area contributed by atoms with Gasteiger partial charge in [-0.15, -0.1) is 0 Å². The minimum absolute atomic E-state index is 0.108. The van der Waals surface area contributed by atoms with Crippen molar-refractivity contribution in [1.82, 2.24) is 0 Å². The Hall–Kier alpha value is -0.440. The molecule has 11 heteroatoms. The van der Waals surface area contributed by atoms with Crippen LogP contribution in [0.5, 0.6) is 0 Å². The molecule has 2 aliphatic heterocycles. The SMILES string of the molecule is COCC1OC(O)C(O)[C@H](O)C1OC1OC(CO)[C@@H](O)[C@@H](O)C1O. The normalized spacial score (nSPS) is 50.0. The van der Waals surface area contributed by atoms with E-state index in [9.17, 15) is 30.6 Å². The van der Waals surface area contributed by atoms with Crippen molar-refractivity contribution in [3.8, 4) is 0 Å². The molecule has 2 saturated heterocycles. The molecule has 0 aromatic heterocycles. The lowest BCUT2D eigenvalue weighted by Gasteiger charge is -2.45. The molecule has 142 valence electrons. The summed E-state index contributed by atoms with van der Waals surface area (Å²) in [6, 6.07) is 0. The largest absolute Gasteiger partial charge is 0.394 e. The average molecular weight is 356 g/mol. The highest BCUT2D eigenvalue weighted by molar-refractivity contribution is 4.93. The van der Waals surface area contributed by atoms with Gasteiger partial charge in [-0.1, -0.05) is 0 Å². The highest BCUT2D eigenvalue weighted by Crippen LogP contribution is 2.28. The molecule has 0 spiro atoms. The van der Waals surface area contributed by atoms with Gasteiger partial charge in [-0.25, -0.2) is 0 Å². The van der Waals surface area contributed by atoms with Crippen LogP contribution in [0.25, 0.3) is 0 Å². The maximum atomic E-state index is 10.1. The van der Waals surface area contributed by atoms with Gasteiger partial charge in [0.1, 0.15) is 48.8 Å². The fraction of sp³-hybridized carbons (Fsp3) is 1.00. The Morgan fingerprint density at radius 3 is 2.04 bits per heavy atom. The van der Waals surface area contributed by atoms with Crippen LogP contribution in [0.3, 0.4) is 0 Å². The Morgan fingerprint density at radius 2 is 1.46 bits per heavy atom. The molecule has 2 rings (SSSR count). The Kier molecular flexibility index (Phi) is 6.87. The zero-order valence-corrected chi connectivity index (χ0v) is 13.0. The summed E-state index contributed by atoms with van der Waals surface area (Å²) in [5, 5.41) is 67.9. The molecule has 0 bridgehead atoms. The van der Waals surface area contributed by atoms with Crippen molar-refractivity contribution < 1.29 is 54.7 Å². The van der Waals surface area contributed by atoms with E-state index in [0.717, 1.165) is 0 Å². The number of aliphatic hydroxyl groups excluding tert-OH is 7. The lowest BCUT2D eigenvalue weighted by atomic mass is 9.97. The molecule has 0 amide bonds. The van der Waals surface area contributed by atoms with Crippen LogP contribution in [0.2, 0.25) is 0 Å². The first-order valence-electron chi connectivity index (χ1n) is 7.46. The van der Waals surface area contributed by atoms with Gasteiger partial charge in [-0.05, 0) is 0 Å². The van der Waals surface area contributed by atoms with Gasteiger partial charge in [0.25, 0.3) is 0 Å². The standard InChI is InChI=1S/C13H24O11/c1-21-3-5-11(8(17)9(18)12(20)22-5)24-13-10(19)7(16)6(15)4(2-14)23-13/h4-20H,2-3H2,1H3/t4?,5?,6-,7-,8+,9?,10?,11?,12?,13?/m1/s1. The highest BCUT2D eigenvalue weighted by Gasteiger charge is 2.50. The molecular weight excluding hydrogens is 332 g/mol. The molecule has 2 heterocycles. The van der Waals surface area contributed by atoms with E-state index in [1.807, 2.05) is 0 Å². The van der Waals surface area contributed by atoms with Crippen LogP contribution in [0, 0.1) is 0 Å². The predicted octanol–water partition coefficient (Wildman–Crippen LogP) is -4.74. The maximum absolute atomic E-state index is 10.1. The summed E-state index contributed by atoms with van der Waals surface area (Å²) in [6.45, 7) is -0.750. The van der Waals surface area contributed by atoms with E-state index in [1.165, 1.54) is 7.11 Å². The third kappa shape index (κ3) is 3.86. The maximum Gasteiger partial charge on any atom is 0.187 e. The van der Waals surface area contributed by atoms with Crippen LogP contribution in [0.1, 0.15) is 0 Å². The van der Waals surface area contributed by atoms with Crippen molar-refractivity contribution in [2.45, 2.75) is 61.4 Å². The van der Waals surface area contributed by atoms with E-state index in [2.05, 4.69) is 0 Å². The summed E-state index contributed by atoms with van der Waals surface area (Å²) in [7, 11) is 1.35. The molecule has 11 nitrogen and oxygen atoms in total. The van der Waals surface area contributed by atoms with Gasteiger partial charge in [-0.3, -0.25) is 0 Å². The number of hydrogen-bond donors (Lipinski definition) is 7. The summed E-state index contributed by atoms with van der Waals surface area (Å²) in [6.07, 6.45) is -14.8. The number of hydrogen-bond acceptors (Lipinski definition) is 11. The minimum atomic E-state index is -1.68. The summed E-state index contributed by atoms with van der Waals surface area (Å²) in [5.41, 5.74) is 0. The van der Waals surface area contributed by atoms with Gasteiger partial charge in [0, 0.05) is 7.11 Å². The van der Waals surface area contributed by atoms with Crippen LogP contribution < -0.4 is 0 Å². The number of ether oxygens (including phenoxy) is 4. The van der Waals surface area contributed by atoms with Gasteiger partial charge in [0.2, 0.25) is 0 Å². The first kappa shape index (κ1) is 19.9. The van der Waals surface area contributed by atoms with E-state index in [4.69, 9.17) is 24.1 Å². The summed E-state index contributed by atoms with van der Waals surface area (Å²) >= 11 is 0. The zero-order chi connectivity index (χ0) is 18.0. The van der Waals surface area contributed by atoms with Crippen LogP contribution in [-0.4, -0.2) is 117 Å². The third-order valence-corrected chi connectivity index (χ3v) is 4.13. The summed E-state index contributed by atoms with van der Waals surface area (Å²) < 4.78 is 20.6. The molecule has 2 fully saturated rings. The van der Waals surface area contributed by atoms with Gasteiger partial charge in [0.15, 0.2) is 12.6 Å². The molecule has 7 unspecified atom stereocenters. The summed E-state index contributed by atoms with van der Waals surface area (Å²) in [5.74, 6) is 0. The Bertz CT molecular complexity index is 394. The zero-order valence-electron chi connectivity index (χ0n) is 13.0. The minimum Gasteiger partial charge on any atom is -0.394 e. The van der Waals surface area contributed by atoms with Crippen molar-refractivity contribution in [1.29, 1.82) is 0 Å². The smallest absolute Gasteiger partial charge is 0.187 e. The lowest BCUT2D eigenvalue weighted by molar-refractivity contribution is -0.355. The molecular formula is C13H24O11. The van der Waals surface area contributed by atoms with Crippen molar-refractivity contribution in [3.63, 3.8) is 0 Å². The Balaban J connectivity index is 2.13. The second-order valence-corrected chi connectivity index (χ2v) is 5.80. The van der Waals surface area contributed by atoms with E-state index in [0.29, 0.717) is 0 Å². The molecule has 0 aliphatic carbocycles. The van der Waals surface area contributed by atoms with Crippen LogP contribution in [-0.2, 0) is 18.9 Å². The predicted molar refractivity (Wildman–Crippen MR) is 73.4 cm³/mol. The first-order valence-corrected chi connectivity index (χ1v) is 7.46. The third-order valence-electron chi connectivity index (χ3n) is 4.13. The van der Waals surface area contributed by atoms with Crippen molar-refractivity contribution in [3.05, 3.63) is 0 Å². The van der Waals surface area contributed by atoms with Crippen LogP contribution in [0.4, 0.5) is 0 Å². The van der Waals surface area contributed by atoms with Crippen molar-refractivity contribution >= 4 is 0 Å². The quantitative estimate of drug-likeness (QED) is 0.251. The first-order chi connectivity index (χ1) is 11.3. The second kappa shape index (κ2) is 8.29. The molecule has 0 saturated carbocycles. The molecule has 10 atom stereocenters. The van der Waals surface area contributed by atoms with Gasteiger partial charge < -0.3 is 54.7 Å². The van der Waals surface area contributed by atoms with Gasteiger partial charge >= 0.3 is 0 Å². The molecule has 0 radical (unpaired) electrons. The summed E-state index contributed by atoms with van der Waals surface area (Å²) in [4.78, 5) is 0. The lowest BCUT2D eigenvalue weighted by Crippen LogP contribution is -2.64. The van der Waals surface area contributed by atoms with Gasteiger partial charge in [0.05, 0.1) is 13.2 Å². The molecule has 24 heavy (non-hydrogen) atoms. The Labute approximate surface area is 137 Å². The number of methoxy groups -OCH3 is 1. The Morgan fingerprint density at radius 1 is 0.792 bits per heavy atom. The fourth-order valence-corrected chi connectivity index (χ4v) is 2.72. The second-order valence-electron chi connectivity index (χ2n) is 5.80.